The molecule has 0 bridgehead atoms. The number of ether oxygens (including phenoxy) is 2. The van der Waals surface area contributed by atoms with Gasteiger partial charge in [-0.3, -0.25) is 15.0 Å². The minimum Gasteiger partial charge on any atom is -0.484 e. The number of aryl methyl sites for hydroxylation is 1. The number of thiazole rings is 1. The summed E-state index contributed by atoms with van der Waals surface area (Å²) in [6.07, 6.45) is 0. The first-order chi connectivity index (χ1) is 17.0. The predicted octanol–water partition coefficient (Wildman–Crippen LogP) is 4.07. The normalized spacial score (nSPS) is 14.2. The molecule has 0 atom stereocenters. The summed E-state index contributed by atoms with van der Waals surface area (Å²) < 4.78 is 16.4. The van der Waals surface area contributed by atoms with Gasteiger partial charge < -0.3 is 13.9 Å². The number of nitrogens with one attached hydrogen (secondary N) is 1. The van der Waals surface area contributed by atoms with Gasteiger partial charge in [-0.15, -0.1) is 0 Å². The number of morpholine rings is 1. The van der Waals surface area contributed by atoms with E-state index in [2.05, 4.69) is 10.2 Å². The van der Waals surface area contributed by atoms with E-state index in [4.69, 9.17) is 18.9 Å². The van der Waals surface area contributed by atoms with Crippen LogP contribution in [0.1, 0.15) is 10.4 Å². The zero-order valence-electron chi connectivity index (χ0n) is 19.3. The largest absolute Gasteiger partial charge is 0.484 e. The van der Waals surface area contributed by atoms with Crippen LogP contribution in [0.25, 0.3) is 22.2 Å². The fourth-order valence-corrected chi connectivity index (χ4v) is 5.04. The molecule has 1 N–H and O–H groups in total. The van der Waals surface area contributed by atoms with E-state index >= 15 is 0 Å². The van der Waals surface area contributed by atoms with Crippen LogP contribution in [0.2, 0.25) is 0 Å². The second-order valence-electron chi connectivity index (χ2n) is 8.29. The molecule has 1 amide bonds. The minimum absolute atomic E-state index is 0.194. The Balaban J connectivity index is 1.29. The van der Waals surface area contributed by atoms with E-state index in [1.54, 1.807) is 12.1 Å². The van der Waals surface area contributed by atoms with Crippen LogP contribution in [0.5, 0.6) is 5.75 Å². The van der Waals surface area contributed by atoms with Crippen LogP contribution in [-0.2, 0) is 16.1 Å². The van der Waals surface area contributed by atoms with E-state index in [0.717, 1.165) is 59.9 Å². The van der Waals surface area contributed by atoms with E-state index in [1.807, 2.05) is 43.3 Å². The molecule has 2 aromatic heterocycles. The molecular weight excluding hydrogens is 466 g/mol. The van der Waals surface area contributed by atoms with Gasteiger partial charge in [0.2, 0.25) is 0 Å². The van der Waals surface area contributed by atoms with Gasteiger partial charge in [-0.2, -0.15) is 0 Å². The zero-order chi connectivity index (χ0) is 24.2. The van der Waals surface area contributed by atoms with Gasteiger partial charge in [-0.1, -0.05) is 41.7 Å². The van der Waals surface area contributed by atoms with Crippen molar-refractivity contribution in [2.45, 2.75) is 13.5 Å². The molecule has 0 spiro atoms. The van der Waals surface area contributed by atoms with Crippen molar-refractivity contribution >= 4 is 33.3 Å². The number of carbonyl (C=O) groups is 1. The Morgan fingerprint density at radius 2 is 1.94 bits per heavy atom. The van der Waals surface area contributed by atoms with Crippen molar-refractivity contribution in [2.75, 3.05) is 38.2 Å². The number of anilines is 1. The first-order valence-electron chi connectivity index (χ1n) is 11.4. The Morgan fingerprint density at radius 3 is 2.74 bits per heavy atom. The van der Waals surface area contributed by atoms with E-state index in [0.29, 0.717) is 16.5 Å². The van der Waals surface area contributed by atoms with Crippen molar-refractivity contribution in [3.05, 3.63) is 75.5 Å². The van der Waals surface area contributed by atoms with Crippen LogP contribution in [-0.4, -0.2) is 48.7 Å². The van der Waals surface area contributed by atoms with Gasteiger partial charge in [0.15, 0.2) is 11.7 Å². The molecule has 1 saturated heterocycles. The van der Waals surface area contributed by atoms with E-state index in [-0.39, 0.29) is 12.5 Å². The number of amides is 1. The monoisotopic (exact) mass is 491 g/mol. The number of fused-ring (bicyclic) bond motifs is 1. The average Bonchev–Trinajstić information content (AvgIpc) is 3.25. The van der Waals surface area contributed by atoms with Crippen LogP contribution < -0.4 is 15.7 Å². The van der Waals surface area contributed by atoms with Crippen molar-refractivity contribution < 1.29 is 18.7 Å². The third kappa shape index (κ3) is 5.59. The lowest BCUT2D eigenvalue weighted by Crippen LogP contribution is -2.35. The number of nitrogens with zero attached hydrogens (tertiary/aromatic N) is 2. The Labute approximate surface area is 206 Å². The van der Waals surface area contributed by atoms with Crippen molar-refractivity contribution in [1.82, 2.24) is 9.88 Å². The lowest BCUT2D eigenvalue weighted by atomic mass is 10.1. The standard InChI is InChI=1S/C26H25N3O5S/c1-17-13-24(31)34-21-14-19(7-8-20(17)21)33-16-23(30)27-26-28-25(18-5-3-2-4-6-18)22(35-26)15-29-9-11-32-12-10-29/h2-8,13-14H,9-12,15-16H2,1H3,(H,27,28,30). The Kier molecular flexibility index (Phi) is 6.89. The molecule has 8 nitrogen and oxygen atoms in total. The SMILES string of the molecule is Cc1cc(=O)oc2cc(OCC(=O)Nc3nc(-c4ccccc4)c(CN4CCOCC4)s3)ccc12. The topological polar surface area (TPSA) is 93.9 Å². The lowest BCUT2D eigenvalue weighted by molar-refractivity contribution is -0.118. The summed E-state index contributed by atoms with van der Waals surface area (Å²) in [6.45, 7) is 5.58. The van der Waals surface area contributed by atoms with E-state index in [1.165, 1.54) is 17.4 Å². The maximum absolute atomic E-state index is 12.6. The molecule has 4 aromatic rings. The highest BCUT2D eigenvalue weighted by atomic mass is 32.1. The minimum atomic E-state index is -0.421. The van der Waals surface area contributed by atoms with Crippen LogP contribution in [0.4, 0.5) is 5.13 Å². The van der Waals surface area contributed by atoms with Crippen LogP contribution in [0.3, 0.4) is 0 Å². The number of benzene rings is 2. The molecule has 1 fully saturated rings. The van der Waals surface area contributed by atoms with Gasteiger partial charge in [-0.05, 0) is 24.6 Å². The van der Waals surface area contributed by atoms with E-state index in [9.17, 15) is 9.59 Å². The lowest BCUT2D eigenvalue weighted by Gasteiger charge is -2.26. The maximum Gasteiger partial charge on any atom is 0.336 e. The summed E-state index contributed by atoms with van der Waals surface area (Å²) in [4.78, 5) is 32.4. The van der Waals surface area contributed by atoms with Crippen molar-refractivity contribution in [3.63, 3.8) is 0 Å². The number of hydrogen-bond acceptors (Lipinski definition) is 8. The molecule has 0 radical (unpaired) electrons. The number of hydrogen-bond donors (Lipinski definition) is 1. The molecule has 9 heteroatoms. The summed E-state index contributed by atoms with van der Waals surface area (Å²) in [5.41, 5.74) is 2.71. The van der Waals surface area contributed by atoms with Crippen LogP contribution in [0.15, 0.2) is 63.8 Å². The van der Waals surface area contributed by atoms with Crippen molar-refractivity contribution in [1.29, 1.82) is 0 Å². The summed E-state index contributed by atoms with van der Waals surface area (Å²) in [5, 5.41) is 4.22. The molecule has 1 aliphatic rings. The first-order valence-corrected chi connectivity index (χ1v) is 12.2. The molecule has 2 aromatic carbocycles. The average molecular weight is 492 g/mol. The predicted molar refractivity (Wildman–Crippen MR) is 135 cm³/mol. The summed E-state index contributed by atoms with van der Waals surface area (Å²) >= 11 is 1.47. The molecule has 1 aliphatic heterocycles. The Morgan fingerprint density at radius 1 is 1.14 bits per heavy atom. The smallest absolute Gasteiger partial charge is 0.336 e. The highest BCUT2D eigenvalue weighted by Gasteiger charge is 2.19. The third-order valence-corrected chi connectivity index (χ3v) is 6.71. The van der Waals surface area contributed by atoms with Crippen LogP contribution >= 0.6 is 11.3 Å². The maximum atomic E-state index is 12.6. The van der Waals surface area contributed by atoms with Gasteiger partial charge in [-0.25, -0.2) is 9.78 Å². The first kappa shape index (κ1) is 23.2. The van der Waals surface area contributed by atoms with Crippen molar-refractivity contribution in [3.8, 4) is 17.0 Å². The van der Waals surface area contributed by atoms with Gasteiger partial charge >= 0.3 is 5.63 Å². The second-order valence-corrected chi connectivity index (χ2v) is 9.37. The fourth-order valence-electron chi connectivity index (χ4n) is 4.00. The van der Waals surface area contributed by atoms with Gasteiger partial charge in [0.05, 0.1) is 18.9 Å². The van der Waals surface area contributed by atoms with E-state index < -0.39 is 5.63 Å². The number of carbonyl (C=O) groups excluding carboxylic acids is 1. The summed E-state index contributed by atoms with van der Waals surface area (Å²) in [6, 6.07) is 16.6. The summed E-state index contributed by atoms with van der Waals surface area (Å²) in [7, 11) is 0. The summed E-state index contributed by atoms with van der Waals surface area (Å²) in [5.74, 6) is 0.126. The zero-order valence-corrected chi connectivity index (χ0v) is 20.1. The second kappa shape index (κ2) is 10.4. The quantitative estimate of drug-likeness (QED) is 0.390. The molecule has 3 heterocycles. The highest BCUT2D eigenvalue weighted by Crippen LogP contribution is 2.32. The molecular formula is C26H25N3O5S. The van der Waals surface area contributed by atoms with Crippen LogP contribution in [0, 0.1) is 6.92 Å². The molecule has 35 heavy (non-hydrogen) atoms. The number of aromatic nitrogens is 1. The Hall–Kier alpha value is -3.53. The fraction of sp³-hybridized carbons (Fsp3) is 0.269. The molecule has 0 saturated carbocycles. The van der Waals surface area contributed by atoms with Gasteiger partial charge in [0, 0.05) is 47.6 Å². The molecule has 5 rings (SSSR count). The molecule has 0 aliphatic carbocycles. The molecule has 0 unspecified atom stereocenters. The third-order valence-electron chi connectivity index (χ3n) is 5.75. The number of rotatable bonds is 7. The van der Waals surface area contributed by atoms with Gasteiger partial charge in [0.25, 0.3) is 5.91 Å². The molecule has 180 valence electrons. The van der Waals surface area contributed by atoms with Gasteiger partial charge in [0.1, 0.15) is 11.3 Å². The highest BCUT2D eigenvalue weighted by molar-refractivity contribution is 7.16. The van der Waals surface area contributed by atoms with Crippen molar-refractivity contribution in [2.24, 2.45) is 0 Å². The Bertz CT molecular complexity index is 1390.